The Labute approximate surface area is 140 Å². The first-order valence-corrected chi connectivity index (χ1v) is 8.25. The molecular weight excluding hydrogens is 302 g/mol. The van der Waals surface area contributed by atoms with Gasteiger partial charge < -0.3 is 15.5 Å². The number of nitrogens with one attached hydrogen (secondary N) is 2. The van der Waals surface area contributed by atoms with E-state index in [-0.39, 0.29) is 11.8 Å². The average molecular weight is 321 g/mol. The molecule has 2 aromatic rings. The molecule has 0 aromatic heterocycles. The third-order valence-electron chi connectivity index (χ3n) is 4.60. The highest BCUT2D eigenvalue weighted by molar-refractivity contribution is 6.07. The predicted molar refractivity (Wildman–Crippen MR) is 93.2 cm³/mol. The first-order chi connectivity index (χ1) is 11.7. The summed E-state index contributed by atoms with van der Waals surface area (Å²) in [5.74, 6) is 0.0416. The van der Waals surface area contributed by atoms with Crippen LogP contribution in [0.15, 0.2) is 42.5 Å². The molecule has 5 nitrogen and oxygen atoms in total. The number of anilines is 2. The van der Waals surface area contributed by atoms with Crippen molar-refractivity contribution in [2.45, 2.75) is 19.4 Å². The number of para-hydroxylation sites is 1. The first-order valence-electron chi connectivity index (χ1n) is 8.25. The summed E-state index contributed by atoms with van der Waals surface area (Å²) >= 11 is 0. The summed E-state index contributed by atoms with van der Waals surface area (Å²) in [6.45, 7) is 2.18. The van der Waals surface area contributed by atoms with E-state index >= 15 is 0 Å². The second kappa shape index (κ2) is 6.09. The van der Waals surface area contributed by atoms with E-state index < -0.39 is 0 Å². The zero-order valence-electron chi connectivity index (χ0n) is 13.3. The molecule has 0 fully saturated rings. The Morgan fingerprint density at radius 2 is 1.92 bits per heavy atom. The van der Waals surface area contributed by atoms with Crippen molar-refractivity contribution >= 4 is 23.2 Å². The normalized spacial score (nSPS) is 16.7. The van der Waals surface area contributed by atoms with Gasteiger partial charge in [-0.1, -0.05) is 18.2 Å². The smallest absolute Gasteiger partial charge is 0.258 e. The summed E-state index contributed by atoms with van der Waals surface area (Å²) in [5.41, 5.74) is 4.62. The van der Waals surface area contributed by atoms with Crippen LogP contribution in [0.4, 0.5) is 11.4 Å². The van der Waals surface area contributed by atoms with Gasteiger partial charge in [0.25, 0.3) is 5.91 Å². The number of amides is 2. The van der Waals surface area contributed by atoms with Crippen LogP contribution >= 0.6 is 0 Å². The Hall–Kier alpha value is -2.66. The minimum absolute atomic E-state index is 0.00542. The molecule has 2 N–H and O–H groups in total. The van der Waals surface area contributed by atoms with E-state index in [1.807, 2.05) is 35.2 Å². The minimum atomic E-state index is 0.00542. The molecule has 2 aromatic carbocycles. The number of carbonyl (C=O) groups is 2. The lowest BCUT2D eigenvalue weighted by Gasteiger charge is -2.24. The third kappa shape index (κ3) is 2.67. The van der Waals surface area contributed by atoms with Crippen LogP contribution in [-0.4, -0.2) is 24.9 Å². The summed E-state index contributed by atoms with van der Waals surface area (Å²) in [6, 6.07) is 13.6. The molecule has 2 aliphatic rings. The van der Waals surface area contributed by atoms with Crippen molar-refractivity contribution in [3.05, 3.63) is 59.2 Å². The van der Waals surface area contributed by atoms with Crippen LogP contribution in [0.1, 0.15) is 27.9 Å². The average Bonchev–Trinajstić information content (AvgIpc) is 2.83. The van der Waals surface area contributed by atoms with Crippen LogP contribution < -0.4 is 15.5 Å². The summed E-state index contributed by atoms with van der Waals surface area (Å²) in [5, 5.41) is 6.21. The molecule has 2 heterocycles. The van der Waals surface area contributed by atoms with Crippen molar-refractivity contribution in [1.29, 1.82) is 0 Å². The van der Waals surface area contributed by atoms with Gasteiger partial charge in [-0.2, -0.15) is 0 Å². The molecule has 0 saturated carbocycles. The zero-order valence-corrected chi connectivity index (χ0v) is 13.3. The van der Waals surface area contributed by atoms with Gasteiger partial charge >= 0.3 is 0 Å². The van der Waals surface area contributed by atoms with Gasteiger partial charge in [-0.25, -0.2) is 0 Å². The quantitative estimate of drug-likeness (QED) is 0.847. The van der Waals surface area contributed by atoms with Gasteiger partial charge in [-0.15, -0.1) is 0 Å². The van der Waals surface area contributed by atoms with Crippen molar-refractivity contribution in [1.82, 2.24) is 5.32 Å². The fourth-order valence-electron chi connectivity index (χ4n) is 3.34. The second-order valence-corrected chi connectivity index (χ2v) is 6.18. The Morgan fingerprint density at radius 3 is 2.83 bits per heavy atom. The Bertz CT molecular complexity index is 816. The maximum absolute atomic E-state index is 13.1. The monoisotopic (exact) mass is 321 g/mol. The fourth-order valence-corrected chi connectivity index (χ4v) is 3.34. The lowest BCUT2D eigenvalue weighted by Crippen LogP contribution is -2.35. The third-order valence-corrected chi connectivity index (χ3v) is 4.60. The molecule has 5 heteroatoms. The predicted octanol–water partition coefficient (Wildman–Crippen LogP) is 2.32. The van der Waals surface area contributed by atoms with Gasteiger partial charge in [0.1, 0.15) is 0 Å². The molecule has 2 aliphatic heterocycles. The van der Waals surface area contributed by atoms with Crippen molar-refractivity contribution in [2.75, 3.05) is 23.3 Å². The van der Waals surface area contributed by atoms with Crippen LogP contribution in [0.2, 0.25) is 0 Å². The first kappa shape index (κ1) is 14.9. The van der Waals surface area contributed by atoms with Crippen molar-refractivity contribution < 1.29 is 9.59 Å². The Kier molecular flexibility index (Phi) is 3.78. The highest BCUT2D eigenvalue weighted by Crippen LogP contribution is 2.27. The molecule has 0 unspecified atom stereocenters. The topological polar surface area (TPSA) is 61.4 Å². The van der Waals surface area contributed by atoms with E-state index in [1.54, 1.807) is 6.07 Å². The van der Waals surface area contributed by atoms with Gasteiger partial charge in [-0.05, 0) is 41.8 Å². The molecule has 2 amide bonds. The van der Waals surface area contributed by atoms with E-state index in [0.717, 1.165) is 35.6 Å². The van der Waals surface area contributed by atoms with Crippen molar-refractivity contribution in [3.8, 4) is 0 Å². The van der Waals surface area contributed by atoms with Gasteiger partial charge in [0.15, 0.2) is 0 Å². The molecule has 0 atom stereocenters. The number of fused-ring (bicyclic) bond motifs is 2. The molecule has 122 valence electrons. The molecule has 0 radical (unpaired) electrons. The SMILES string of the molecule is O=C1CCc2cc(C(=O)N3CCNCc4ccccc43)ccc2N1. The molecule has 4 rings (SSSR count). The largest absolute Gasteiger partial charge is 0.326 e. The number of carbonyl (C=O) groups excluding carboxylic acids is 2. The summed E-state index contributed by atoms with van der Waals surface area (Å²) in [4.78, 5) is 26.4. The van der Waals surface area contributed by atoms with E-state index in [1.165, 1.54) is 0 Å². The second-order valence-electron chi connectivity index (χ2n) is 6.18. The lowest BCUT2D eigenvalue weighted by atomic mass is 9.99. The van der Waals surface area contributed by atoms with E-state index in [2.05, 4.69) is 16.7 Å². The van der Waals surface area contributed by atoms with Crippen LogP contribution in [0.3, 0.4) is 0 Å². The molecular formula is C19H19N3O2. The van der Waals surface area contributed by atoms with Gasteiger partial charge in [0.05, 0.1) is 0 Å². The standard InChI is InChI=1S/C19H19N3O2/c23-18-8-6-13-11-14(5-7-16(13)21-18)19(24)22-10-9-20-12-15-3-1-2-4-17(15)22/h1-5,7,11,20H,6,8-10,12H2,(H,21,23). The molecule has 24 heavy (non-hydrogen) atoms. The van der Waals surface area contributed by atoms with Crippen LogP contribution in [-0.2, 0) is 17.8 Å². The maximum atomic E-state index is 13.1. The number of nitrogens with zero attached hydrogens (tertiary/aromatic N) is 1. The van der Waals surface area contributed by atoms with Crippen LogP contribution in [0.5, 0.6) is 0 Å². The van der Waals surface area contributed by atoms with E-state index in [4.69, 9.17) is 0 Å². The van der Waals surface area contributed by atoms with Crippen molar-refractivity contribution in [3.63, 3.8) is 0 Å². The lowest BCUT2D eigenvalue weighted by molar-refractivity contribution is -0.116. The number of hydrogen-bond acceptors (Lipinski definition) is 3. The number of aryl methyl sites for hydroxylation is 1. The zero-order chi connectivity index (χ0) is 16.5. The highest BCUT2D eigenvalue weighted by Gasteiger charge is 2.23. The molecule has 0 saturated heterocycles. The van der Waals surface area contributed by atoms with Crippen molar-refractivity contribution in [2.24, 2.45) is 0 Å². The van der Waals surface area contributed by atoms with E-state index in [9.17, 15) is 9.59 Å². The number of rotatable bonds is 1. The maximum Gasteiger partial charge on any atom is 0.258 e. The molecule has 0 spiro atoms. The van der Waals surface area contributed by atoms with Gasteiger partial charge in [0, 0.05) is 43.0 Å². The summed E-state index contributed by atoms with van der Waals surface area (Å²) in [7, 11) is 0. The Balaban J connectivity index is 1.68. The Morgan fingerprint density at radius 1 is 1.04 bits per heavy atom. The number of benzene rings is 2. The minimum Gasteiger partial charge on any atom is -0.326 e. The van der Waals surface area contributed by atoms with E-state index in [0.29, 0.717) is 24.9 Å². The highest BCUT2D eigenvalue weighted by atomic mass is 16.2. The number of hydrogen-bond donors (Lipinski definition) is 2. The molecule has 0 aliphatic carbocycles. The summed E-state index contributed by atoms with van der Waals surface area (Å²) < 4.78 is 0. The molecule has 0 bridgehead atoms. The fraction of sp³-hybridized carbons (Fsp3) is 0.263. The van der Waals surface area contributed by atoms with Crippen LogP contribution in [0, 0.1) is 0 Å². The van der Waals surface area contributed by atoms with Gasteiger partial charge in [0.2, 0.25) is 5.91 Å². The van der Waals surface area contributed by atoms with Crippen LogP contribution in [0.25, 0.3) is 0 Å². The summed E-state index contributed by atoms with van der Waals surface area (Å²) in [6.07, 6.45) is 1.15. The van der Waals surface area contributed by atoms with Gasteiger partial charge in [-0.3, -0.25) is 9.59 Å².